The molecule has 3 fully saturated rings. The standard InChI is InChI=1S/C23H42ClN7/c1-25-22-8-2-3-9-26-17-23(18-29-12-10-27-15-22,19-30-13-11-28-16-22)31-14-20-4-6-21(24)7-5-20/h4-7,25-31H,2-3,8-19H2,1H3. The van der Waals surface area contributed by atoms with Gasteiger partial charge in [0, 0.05) is 76.0 Å². The number of benzene rings is 1. The van der Waals surface area contributed by atoms with E-state index in [-0.39, 0.29) is 11.1 Å². The van der Waals surface area contributed by atoms with Crippen molar-refractivity contribution in [1.82, 2.24) is 37.2 Å². The van der Waals surface area contributed by atoms with E-state index in [1.54, 1.807) is 0 Å². The number of hydrogen-bond acceptors (Lipinski definition) is 7. The maximum Gasteiger partial charge on any atom is 0.0561 e. The van der Waals surface area contributed by atoms with Gasteiger partial charge in [0.1, 0.15) is 0 Å². The molecule has 0 radical (unpaired) electrons. The van der Waals surface area contributed by atoms with Crippen LogP contribution < -0.4 is 37.2 Å². The predicted molar refractivity (Wildman–Crippen MR) is 131 cm³/mol. The quantitative estimate of drug-likeness (QED) is 0.354. The third-order valence-corrected chi connectivity index (χ3v) is 6.90. The summed E-state index contributed by atoms with van der Waals surface area (Å²) >= 11 is 6.07. The van der Waals surface area contributed by atoms with Crippen molar-refractivity contribution in [2.24, 2.45) is 0 Å². The normalized spacial score (nSPS) is 29.9. The van der Waals surface area contributed by atoms with Gasteiger partial charge in [-0.15, -0.1) is 0 Å². The zero-order valence-corrected chi connectivity index (χ0v) is 19.8. The fraction of sp³-hybridized carbons (Fsp3) is 0.739. The summed E-state index contributed by atoms with van der Waals surface area (Å²) in [5, 5.41) is 26.8. The van der Waals surface area contributed by atoms with E-state index in [0.29, 0.717) is 0 Å². The molecule has 176 valence electrons. The van der Waals surface area contributed by atoms with Gasteiger partial charge in [-0.05, 0) is 44.1 Å². The van der Waals surface area contributed by atoms with Crippen LogP contribution in [0.4, 0.5) is 0 Å². The van der Waals surface area contributed by atoms with Crippen LogP contribution in [-0.2, 0) is 6.54 Å². The van der Waals surface area contributed by atoms with Gasteiger partial charge in [0.25, 0.3) is 0 Å². The van der Waals surface area contributed by atoms with Crippen molar-refractivity contribution >= 4 is 11.6 Å². The Morgan fingerprint density at radius 3 is 1.81 bits per heavy atom. The van der Waals surface area contributed by atoms with E-state index >= 15 is 0 Å². The summed E-state index contributed by atoms with van der Waals surface area (Å²) in [5.41, 5.74) is 1.30. The third-order valence-electron chi connectivity index (χ3n) is 6.64. The number of nitrogens with one attached hydrogen (secondary N) is 7. The lowest BCUT2D eigenvalue weighted by Gasteiger charge is -2.38. The molecule has 0 atom stereocenters. The van der Waals surface area contributed by atoms with Crippen LogP contribution in [0, 0.1) is 0 Å². The molecule has 0 spiro atoms. The molecule has 0 unspecified atom stereocenters. The average molecular weight is 452 g/mol. The van der Waals surface area contributed by atoms with E-state index in [2.05, 4.69) is 56.4 Å². The van der Waals surface area contributed by atoms with Crippen molar-refractivity contribution in [2.75, 3.05) is 72.5 Å². The highest BCUT2D eigenvalue weighted by Crippen LogP contribution is 2.14. The van der Waals surface area contributed by atoms with Crippen LogP contribution in [-0.4, -0.2) is 83.6 Å². The smallest absolute Gasteiger partial charge is 0.0561 e. The molecule has 3 aliphatic rings. The molecule has 7 N–H and O–H groups in total. The van der Waals surface area contributed by atoms with Gasteiger partial charge >= 0.3 is 0 Å². The topological polar surface area (TPSA) is 84.2 Å². The Bertz CT molecular complexity index is 581. The Kier molecular flexibility index (Phi) is 10.5. The summed E-state index contributed by atoms with van der Waals surface area (Å²) in [6.07, 6.45) is 3.59. The van der Waals surface area contributed by atoms with Crippen LogP contribution in [0.2, 0.25) is 5.02 Å². The van der Waals surface area contributed by atoms with Crippen LogP contribution >= 0.6 is 11.6 Å². The summed E-state index contributed by atoms with van der Waals surface area (Å²) in [4.78, 5) is 0. The summed E-state index contributed by atoms with van der Waals surface area (Å²) in [6, 6.07) is 8.14. The molecule has 8 heteroatoms. The first kappa shape index (κ1) is 24.9. The van der Waals surface area contributed by atoms with Crippen molar-refractivity contribution in [3.63, 3.8) is 0 Å². The number of fused-ring (bicyclic) bond motifs is 15. The highest BCUT2D eigenvalue weighted by Gasteiger charge is 2.30. The SMILES string of the molecule is CNC12CCCCNCC(NCc3ccc(Cl)cc3)(CNCCNC1)CNCCNC2. The first-order valence-corrected chi connectivity index (χ1v) is 12.3. The van der Waals surface area contributed by atoms with Gasteiger partial charge in [0.05, 0.1) is 5.54 Å². The Morgan fingerprint density at radius 1 is 0.742 bits per heavy atom. The van der Waals surface area contributed by atoms with Crippen molar-refractivity contribution in [3.8, 4) is 0 Å². The van der Waals surface area contributed by atoms with Gasteiger partial charge in [-0.1, -0.05) is 30.2 Å². The first-order valence-electron chi connectivity index (χ1n) is 11.9. The molecule has 31 heavy (non-hydrogen) atoms. The molecule has 1 aromatic rings. The molecule has 4 rings (SSSR count). The summed E-state index contributed by atoms with van der Waals surface area (Å²) in [6.45, 7) is 10.4. The van der Waals surface area contributed by atoms with Gasteiger partial charge < -0.3 is 37.2 Å². The maximum absolute atomic E-state index is 6.07. The van der Waals surface area contributed by atoms with Gasteiger partial charge in [0.15, 0.2) is 0 Å². The van der Waals surface area contributed by atoms with Crippen LogP contribution in [0.1, 0.15) is 24.8 Å². The second-order valence-corrected chi connectivity index (χ2v) is 9.57. The zero-order chi connectivity index (χ0) is 21.8. The van der Waals surface area contributed by atoms with Crippen molar-refractivity contribution in [1.29, 1.82) is 0 Å². The average Bonchev–Trinajstić information content (AvgIpc) is 2.79. The zero-order valence-electron chi connectivity index (χ0n) is 19.1. The fourth-order valence-electron chi connectivity index (χ4n) is 4.51. The highest BCUT2D eigenvalue weighted by atomic mass is 35.5. The number of halogens is 1. The fourth-order valence-corrected chi connectivity index (χ4v) is 4.64. The molecular weight excluding hydrogens is 410 g/mol. The number of hydrogen-bond donors (Lipinski definition) is 7. The van der Waals surface area contributed by atoms with E-state index in [1.165, 1.54) is 24.8 Å². The van der Waals surface area contributed by atoms with E-state index in [0.717, 1.165) is 77.0 Å². The molecule has 1 aromatic carbocycles. The van der Waals surface area contributed by atoms with Gasteiger partial charge in [-0.3, -0.25) is 0 Å². The molecule has 0 aliphatic carbocycles. The van der Waals surface area contributed by atoms with Crippen molar-refractivity contribution < 1.29 is 0 Å². The minimum absolute atomic E-state index is 0.0669. The van der Waals surface area contributed by atoms with E-state index < -0.39 is 0 Å². The molecule has 7 nitrogen and oxygen atoms in total. The predicted octanol–water partition coefficient (Wildman–Crippen LogP) is 0.272. The number of rotatable bonds is 4. The van der Waals surface area contributed by atoms with Crippen molar-refractivity contribution in [3.05, 3.63) is 34.9 Å². The van der Waals surface area contributed by atoms with Crippen molar-refractivity contribution in [2.45, 2.75) is 36.9 Å². The Morgan fingerprint density at radius 2 is 1.26 bits per heavy atom. The minimum Gasteiger partial charge on any atom is -0.315 e. The lowest BCUT2D eigenvalue weighted by Crippen LogP contribution is -2.64. The van der Waals surface area contributed by atoms with E-state index in [1.807, 2.05) is 12.1 Å². The molecule has 0 saturated carbocycles. The van der Waals surface area contributed by atoms with Gasteiger partial charge in [0.2, 0.25) is 0 Å². The monoisotopic (exact) mass is 451 g/mol. The van der Waals surface area contributed by atoms with Crippen LogP contribution in [0.25, 0.3) is 0 Å². The molecule has 2 bridgehead atoms. The van der Waals surface area contributed by atoms with Crippen LogP contribution in [0.5, 0.6) is 0 Å². The molecule has 3 aliphatic heterocycles. The maximum atomic E-state index is 6.07. The van der Waals surface area contributed by atoms with Gasteiger partial charge in [-0.25, -0.2) is 0 Å². The van der Waals surface area contributed by atoms with Crippen LogP contribution in [0.15, 0.2) is 24.3 Å². The van der Waals surface area contributed by atoms with E-state index in [9.17, 15) is 0 Å². The molecular formula is C23H42ClN7. The minimum atomic E-state index is -0.0669. The molecule has 3 saturated heterocycles. The summed E-state index contributed by atoms with van der Waals surface area (Å²) in [7, 11) is 2.10. The van der Waals surface area contributed by atoms with Crippen LogP contribution in [0.3, 0.4) is 0 Å². The largest absolute Gasteiger partial charge is 0.315 e. The molecule has 3 heterocycles. The lowest BCUT2D eigenvalue weighted by molar-refractivity contribution is 0.254. The Labute approximate surface area is 193 Å². The number of likely N-dealkylation sites (N-methyl/N-ethyl adjacent to an activating group) is 1. The first-order chi connectivity index (χ1) is 15.2. The Hall–Kier alpha value is -0.770. The lowest BCUT2D eigenvalue weighted by atomic mass is 9.91. The second-order valence-electron chi connectivity index (χ2n) is 9.13. The Balaban J connectivity index is 1.71. The molecule has 0 amide bonds. The van der Waals surface area contributed by atoms with E-state index in [4.69, 9.17) is 11.6 Å². The summed E-state index contributed by atoms with van der Waals surface area (Å²) in [5.74, 6) is 0. The third kappa shape index (κ3) is 8.26. The summed E-state index contributed by atoms with van der Waals surface area (Å²) < 4.78 is 0. The second kappa shape index (κ2) is 13.1. The van der Waals surface area contributed by atoms with Gasteiger partial charge in [-0.2, -0.15) is 0 Å². The highest BCUT2D eigenvalue weighted by molar-refractivity contribution is 6.30. The molecule has 0 aromatic heterocycles.